The maximum Gasteiger partial charge on any atom is 0.196 e. The van der Waals surface area contributed by atoms with E-state index in [0.717, 1.165) is 11.3 Å². The van der Waals surface area contributed by atoms with Crippen LogP contribution in [0.15, 0.2) is 66.7 Å². The van der Waals surface area contributed by atoms with E-state index in [1.807, 2.05) is 42.5 Å². The van der Waals surface area contributed by atoms with E-state index in [9.17, 15) is 9.59 Å². The minimum atomic E-state index is -0.0954. The van der Waals surface area contributed by atoms with Crippen molar-refractivity contribution in [3.05, 3.63) is 94.5 Å². The zero-order valence-electron chi connectivity index (χ0n) is 19.9. The van der Waals surface area contributed by atoms with E-state index in [0.29, 0.717) is 33.9 Å². The van der Waals surface area contributed by atoms with Gasteiger partial charge >= 0.3 is 0 Å². The third-order valence-electron chi connectivity index (χ3n) is 7.49. The van der Waals surface area contributed by atoms with Crippen molar-refractivity contribution in [2.45, 2.75) is 58.0 Å². The molecule has 0 bridgehead atoms. The second-order valence-corrected chi connectivity index (χ2v) is 9.72. The maximum atomic E-state index is 13.7. The number of carbonyl (C=O) groups excluding carboxylic acids is 2. The van der Waals surface area contributed by atoms with Crippen LogP contribution in [-0.2, 0) is 0 Å². The lowest BCUT2D eigenvalue weighted by Crippen LogP contribution is -2.30. The summed E-state index contributed by atoms with van der Waals surface area (Å²) in [7, 11) is 0. The van der Waals surface area contributed by atoms with Gasteiger partial charge in [-0.25, -0.2) is 0 Å². The lowest BCUT2D eigenvalue weighted by atomic mass is 9.81. The summed E-state index contributed by atoms with van der Waals surface area (Å²) in [5, 5.41) is 7.14. The first-order chi connectivity index (χ1) is 16.5. The van der Waals surface area contributed by atoms with Gasteiger partial charge in [-0.15, -0.1) is 0 Å². The summed E-state index contributed by atoms with van der Waals surface area (Å²) in [5.74, 6) is 0.406. The van der Waals surface area contributed by atoms with Crippen molar-refractivity contribution in [1.82, 2.24) is 0 Å². The average molecular weight is 453 g/mol. The van der Waals surface area contributed by atoms with Crippen LogP contribution < -0.4 is 10.6 Å². The number of anilines is 2. The lowest BCUT2D eigenvalue weighted by molar-refractivity contribution is 0.0980. The Labute approximate surface area is 201 Å². The number of nitrogens with one attached hydrogen (secondary N) is 2. The molecule has 2 aliphatic rings. The number of carbonyl (C=O) groups is 2. The van der Waals surface area contributed by atoms with Crippen molar-refractivity contribution in [2.24, 2.45) is 5.92 Å². The Hall–Kier alpha value is -3.40. The van der Waals surface area contributed by atoms with Crippen LogP contribution in [-0.4, -0.2) is 17.6 Å². The summed E-state index contributed by atoms with van der Waals surface area (Å²) < 4.78 is 0. The quantitative estimate of drug-likeness (QED) is 0.330. The number of rotatable bonds is 6. The van der Waals surface area contributed by atoms with Crippen molar-refractivity contribution >= 4 is 22.9 Å². The SMILES string of the molecule is C[C@H](Nc1ccc(N[C@H](C)c2ccccc2)c2c1C(=O)c1ccccc1C2=O)C1CCCCC1. The molecule has 2 aliphatic carbocycles. The van der Waals surface area contributed by atoms with E-state index >= 15 is 0 Å². The van der Waals surface area contributed by atoms with Gasteiger partial charge in [0, 0.05) is 34.6 Å². The molecule has 0 unspecified atom stereocenters. The first-order valence-corrected chi connectivity index (χ1v) is 12.5. The molecule has 1 fully saturated rings. The van der Waals surface area contributed by atoms with Crippen LogP contribution in [0.2, 0.25) is 0 Å². The highest BCUT2D eigenvalue weighted by Gasteiger charge is 2.34. The van der Waals surface area contributed by atoms with E-state index in [4.69, 9.17) is 0 Å². The summed E-state index contributed by atoms with van der Waals surface area (Å²) in [6.45, 7) is 4.27. The Morgan fingerprint density at radius 3 is 1.79 bits per heavy atom. The molecule has 0 heterocycles. The van der Waals surface area contributed by atoms with Crippen molar-refractivity contribution in [3.63, 3.8) is 0 Å². The van der Waals surface area contributed by atoms with Crippen molar-refractivity contribution in [2.75, 3.05) is 10.6 Å². The Kier molecular flexibility index (Phi) is 6.23. The highest BCUT2D eigenvalue weighted by Crippen LogP contribution is 2.39. The monoisotopic (exact) mass is 452 g/mol. The Morgan fingerprint density at radius 2 is 1.21 bits per heavy atom. The van der Waals surface area contributed by atoms with Crippen LogP contribution in [0.3, 0.4) is 0 Å². The number of ketones is 2. The Morgan fingerprint density at radius 1 is 0.676 bits per heavy atom. The molecule has 3 aromatic rings. The van der Waals surface area contributed by atoms with Gasteiger partial charge in [-0.3, -0.25) is 9.59 Å². The van der Waals surface area contributed by atoms with Gasteiger partial charge in [-0.05, 0) is 50.3 Å². The fraction of sp³-hybridized carbons (Fsp3) is 0.333. The molecule has 0 aliphatic heterocycles. The maximum absolute atomic E-state index is 13.7. The number of fused-ring (bicyclic) bond motifs is 2. The van der Waals surface area contributed by atoms with E-state index in [-0.39, 0.29) is 23.7 Å². The standard InChI is InChI=1S/C30H32N2O2/c1-19(21-11-5-3-6-12-21)31-25-17-18-26(32-20(2)22-13-7-4-8-14-22)28-27(25)29(33)23-15-9-10-16-24(23)30(28)34/h3,5-6,9-12,15-20,22,31-32H,4,7-8,13-14H2,1-2H3/t19-,20+/m1/s1. The van der Waals surface area contributed by atoms with Gasteiger partial charge < -0.3 is 10.6 Å². The average Bonchev–Trinajstić information content (AvgIpc) is 2.89. The summed E-state index contributed by atoms with van der Waals surface area (Å²) in [6.07, 6.45) is 6.25. The molecular formula is C30H32N2O2. The molecule has 2 N–H and O–H groups in total. The minimum absolute atomic E-state index is 0.00894. The zero-order valence-corrected chi connectivity index (χ0v) is 19.9. The molecule has 2 atom stereocenters. The third kappa shape index (κ3) is 4.13. The van der Waals surface area contributed by atoms with Crippen LogP contribution >= 0.6 is 0 Å². The second kappa shape index (κ2) is 9.46. The predicted octanol–water partition coefficient (Wildman–Crippen LogP) is 7.02. The van der Waals surface area contributed by atoms with E-state index in [2.05, 4.69) is 36.6 Å². The van der Waals surface area contributed by atoms with Crippen LogP contribution in [0.5, 0.6) is 0 Å². The molecule has 3 aromatic carbocycles. The molecule has 1 saturated carbocycles. The van der Waals surface area contributed by atoms with Crippen LogP contribution in [0.25, 0.3) is 0 Å². The molecule has 5 rings (SSSR count). The van der Waals surface area contributed by atoms with E-state index in [1.54, 1.807) is 12.1 Å². The largest absolute Gasteiger partial charge is 0.382 e. The molecule has 4 nitrogen and oxygen atoms in total. The fourth-order valence-corrected chi connectivity index (χ4v) is 5.52. The van der Waals surface area contributed by atoms with Crippen molar-refractivity contribution in [1.29, 1.82) is 0 Å². The molecule has 0 amide bonds. The number of benzene rings is 3. The van der Waals surface area contributed by atoms with E-state index < -0.39 is 0 Å². The molecule has 0 radical (unpaired) electrons. The van der Waals surface area contributed by atoms with Gasteiger partial charge in [0.1, 0.15) is 0 Å². The highest BCUT2D eigenvalue weighted by atomic mass is 16.1. The number of hydrogen-bond donors (Lipinski definition) is 2. The smallest absolute Gasteiger partial charge is 0.196 e. The molecule has 174 valence electrons. The fourth-order valence-electron chi connectivity index (χ4n) is 5.52. The van der Waals surface area contributed by atoms with Gasteiger partial charge in [0.05, 0.1) is 11.1 Å². The summed E-state index contributed by atoms with van der Waals surface area (Å²) in [6, 6.07) is 21.5. The Bertz CT molecular complexity index is 1210. The number of hydrogen-bond acceptors (Lipinski definition) is 4. The first-order valence-electron chi connectivity index (χ1n) is 12.5. The first kappa shape index (κ1) is 22.4. The second-order valence-electron chi connectivity index (χ2n) is 9.72. The van der Waals surface area contributed by atoms with Gasteiger partial charge in [0.15, 0.2) is 11.6 Å². The van der Waals surface area contributed by atoms with Crippen molar-refractivity contribution in [3.8, 4) is 0 Å². The van der Waals surface area contributed by atoms with Gasteiger partial charge in [0.25, 0.3) is 0 Å². The van der Waals surface area contributed by atoms with Gasteiger partial charge in [-0.2, -0.15) is 0 Å². The van der Waals surface area contributed by atoms with Crippen molar-refractivity contribution < 1.29 is 9.59 Å². The van der Waals surface area contributed by atoms with Crippen LogP contribution in [0.4, 0.5) is 11.4 Å². The van der Waals surface area contributed by atoms with Gasteiger partial charge in [-0.1, -0.05) is 73.9 Å². The molecule has 4 heteroatoms. The predicted molar refractivity (Wildman–Crippen MR) is 138 cm³/mol. The normalized spacial score (nSPS) is 17.5. The molecule has 0 saturated heterocycles. The molecule has 0 spiro atoms. The lowest BCUT2D eigenvalue weighted by Gasteiger charge is -2.31. The summed E-state index contributed by atoms with van der Waals surface area (Å²) in [4.78, 5) is 27.4. The molecular weight excluding hydrogens is 420 g/mol. The zero-order chi connectivity index (χ0) is 23.7. The topological polar surface area (TPSA) is 58.2 Å². The van der Waals surface area contributed by atoms with E-state index in [1.165, 1.54) is 32.1 Å². The summed E-state index contributed by atoms with van der Waals surface area (Å²) in [5.41, 5.74) is 4.53. The molecule has 0 aromatic heterocycles. The molecule has 34 heavy (non-hydrogen) atoms. The van der Waals surface area contributed by atoms with Gasteiger partial charge in [0.2, 0.25) is 0 Å². The summed E-state index contributed by atoms with van der Waals surface area (Å²) >= 11 is 0. The minimum Gasteiger partial charge on any atom is -0.382 e. The highest BCUT2D eigenvalue weighted by molar-refractivity contribution is 6.31. The van der Waals surface area contributed by atoms with Crippen LogP contribution in [0, 0.1) is 5.92 Å². The van der Waals surface area contributed by atoms with Crippen LogP contribution in [0.1, 0.15) is 89.4 Å². The third-order valence-corrected chi connectivity index (χ3v) is 7.49. The Balaban J connectivity index is 1.55.